The van der Waals surface area contributed by atoms with Gasteiger partial charge in [0.1, 0.15) is 5.75 Å². The Kier molecular flexibility index (Phi) is 14.6. The van der Waals surface area contributed by atoms with E-state index in [2.05, 4.69) is 80.6 Å². The maximum atomic E-state index is 10.2. The Hall–Kier alpha value is -3.59. The van der Waals surface area contributed by atoms with Crippen LogP contribution >= 0.6 is 0 Å². The summed E-state index contributed by atoms with van der Waals surface area (Å²) in [6.45, 7) is 0. The summed E-state index contributed by atoms with van der Waals surface area (Å²) < 4.78 is 1.33. The monoisotopic (exact) mass is 595 g/mol. The number of phenols is 1. The molecule has 0 aromatic heterocycles. The average Bonchev–Trinajstić information content (AvgIpc) is 3.60. The normalized spacial score (nSPS) is 9.35. The summed E-state index contributed by atoms with van der Waals surface area (Å²) in [6, 6.07) is 56.7. The Balaban J connectivity index is 0.000000235. The van der Waals surface area contributed by atoms with Gasteiger partial charge in [0.15, 0.2) is 0 Å². The second-order valence-corrected chi connectivity index (χ2v) is 9.28. The standard InChI is InChI=1S/C18H14O.C13H10.C5H5.2ClH.Ti/c19-17-13-7-12-16(14-8-3-1-4-9-14)18(17)15-10-5-2-6-11-15;1-3-7-12(8-4-1)11-13-9-5-2-6-10-13;1-2-4-5-3-1;;;/h1-13,19H;1-10H;1-5H;2*1H;/q;;-1;;;+2/p-2. The third kappa shape index (κ3) is 9.55. The maximum Gasteiger partial charge on any atom is -0.172 e. The van der Waals surface area contributed by atoms with Gasteiger partial charge < -0.3 is 29.9 Å². The fourth-order valence-electron chi connectivity index (χ4n) is 4.00. The minimum Gasteiger partial charge on any atom is -0.214 e. The second kappa shape index (κ2) is 17.9. The Bertz CT molecular complexity index is 1440. The van der Waals surface area contributed by atoms with Gasteiger partial charge in [-0.2, -0.15) is 18.2 Å². The fraction of sp³-hybridized carbons (Fsp3) is 0. The van der Waals surface area contributed by atoms with E-state index in [0.717, 1.165) is 22.3 Å². The maximum absolute atomic E-state index is 10.2. The summed E-state index contributed by atoms with van der Waals surface area (Å²) in [4.78, 5) is 0. The molecule has 0 atom stereocenters. The molecular weight excluding hydrogens is 567 g/mol. The number of hydrogen-bond donors (Lipinski definition) is 1. The van der Waals surface area contributed by atoms with Crippen molar-refractivity contribution in [1.29, 1.82) is 0 Å². The topological polar surface area (TPSA) is 20.2 Å². The quantitative estimate of drug-likeness (QED) is 0.245. The van der Waals surface area contributed by atoms with Gasteiger partial charge in [0, 0.05) is 5.56 Å². The summed E-state index contributed by atoms with van der Waals surface area (Å²) in [5, 5.41) is 10.2. The summed E-state index contributed by atoms with van der Waals surface area (Å²) in [5.41, 5.74) is 6.65. The van der Waals surface area contributed by atoms with Crippen molar-refractivity contribution >= 4 is 3.81 Å². The van der Waals surface area contributed by atoms with E-state index >= 15 is 0 Å². The predicted octanol–water partition coefficient (Wildman–Crippen LogP) is 2.94. The summed E-state index contributed by atoms with van der Waals surface area (Å²) in [5.74, 6) is 0.313. The van der Waals surface area contributed by atoms with E-state index in [9.17, 15) is 5.11 Å². The summed E-state index contributed by atoms with van der Waals surface area (Å²) in [6.07, 6.45) is 0. The van der Waals surface area contributed by atoms with Crippen molar-refractivity contribution in [2.75, 3.05) is 0 Å². The van der Waals surface area contributed by atoms with Crippen molar-refractivity contribution < 1.29 is 49.9 Å². The molecule has 40 heavy (non-hydrogen) atoms. The fourth-order valence-corrected chi connectivity index (χ4v) is 4.52. The zero-order valence-corrected chi connectivity index (χ0v) is 24.9. The van der Waals surface area contributed by atoms with Gasteiger partial charge in [-0.05, 0) is 22.8 Å². The van der Waals surface area contributed by atoms with Gasteiger partial charge in [0.2, 0.25) is 0 Å². The Labute approximate surface area is 261 Å². The number of halogens is 2. The van der Waals surface area contributed by atoms with E-state index < -0.39 is 0 Å². The molecule has 0 aliphatic heterocycles. The average molecular weight is 596 g/mol. The molecule has 6 aromatic rings. The molecular formula is C36H29Cl2OTi-. The number of aromatic hydroxyl groups is 1. The van der Waals surface area contributed by atoms with E-state index in [1.54, 1.807) is 6.07 Å². The molecule has 1 N–H and O–H groups in total. The number of hydrogen-bond acceptors (Lipinski definition) is 1. The van der Waals surface area contributed by atoms with Gasteiger partial charge in [0.05, 0.1) is 0 Å². The van der Waals surface area contributed by atoms with Crippen molar-refractivity contribution in [2.45, 2.75) is 0 Å². The van der Waals surface area contributed by atoms with E-state index in [-0.39, 0.29) is 24.8 Å². The van der Waals surface area contributed by atoms with Crippen molar-refractivity contribution in [2.24, 2.45) is 0 Å². The zero-order valence-electron chi connectivity index (χ0n) is 21.9. The molecule has 0 aliphatic rings. The van der Waals surface area contributed by atoms with Gasteiger partial charge >= 0.3 is 95.6 Å². The largest absolute Gasteiger partial charge is 0.214 e. The molecule has 6 rings (SSSR count). The van der Waals surface area contributed by atoms with Crippen molar-refractivity contribution in [3.8, 4) is 28.0 Å². The van der Waals surface area contributed by atoms with Crippen LogP contribution in [0.3, 0.4) is 0 Å². The molecule has 6 aromatic carbocycles. The molecule has 0 unspecified atom stereocenters. The van der Waals surface area contributed by atoms with Crippen LogP contribution in [-0.2, 0) is 20.0 Å². The first-order valence-corrected chi connectivity index (χ1v) is 13.3. The van der Waals surface area contributed by atoms with E-state index in [1.807, 2.05) is 103 Å². The predicted molar refractivity (Wildman–Crippen MR) is 157 cm³/mol. The zero-order chi connectivity index (χ0) is 26.4. The van der Waals surface area contributed by atoms with E-state index in [1.165, 1.54) is 14.9 Å². The molecule has 0 aliphatic carbocycles. The molecule has 0 amide bonds. The van der Waals surface area contributed by atoms with Gasteiger partial charge in [-0.1, -0.05) is 72.8 Å². The molecule has 0 saturated carbocycles. The Morgan fingerprint density at radius 1 is 0.475 bits per heavy atom. The smallest absolute Gasteiger partial charge is 0.172 e. The van der Waals surface area contributed by atoms with Crippen molar-refractivity contribution in [3.63, 3.8) is 0 Å². The Morgan fingerprint density at radius 2 is 0.900 bits per heavy atom. The van der Waals surface area contributed by atoms with E-state index in [4.69, 9.17) is 0 Å². The van der Waals surface area contributed by atoms with Gasteiger partial charge in [0.25, 0.3) is 0 Å². The van der Waals surface area contributed by atoms with Crippen LogP contribution in [0, 0.1) is 0 Å². The minimum absolute atomic E-state index is 0. The molecule has 0 bridgehead atoms. The minimum atomic E-state index is 0. The third-order valence-corrected chi connectivity index (χ3v) is 6.77. The first-order chi connectivity index (χ1) is 18.7. The third-order valence-electron chi connectivity index (χ3n) is 5.87. The first kappa shape index (κ1) is 32.6. The molecule has 0 heterocycles. The van der Waals surface area contributed by atoms with Crippen molar-refractivity contribution in [1.82, 2.24) is 0 Å². The molecule has 0 saturated heterocycles. The van der Waals surface area contributed by atoms with E-state index in [0.29, 0.717) is 5.75 Å². The molecule has 4 heteroatoms. The Morgan fingerprint density at radius 3 is 1.32 bits per heavy atom. The van der Waals surface area contributed by atoms with Crippen LogP contribution in [0.1, 0.15) is 11.1 Å². The van der Waals surface area contributed by atoms with Crippen LogP contribution < -0.4 is 24.8 Å². The number of phenolic OH excluding ortho intramolecular Hbond substituents is 1. The molecule has 1 nitrogen and oxygen atoms in total. The first-order valence-electron chi connectivity index (χ1n) is 12.5. The number of benzene rings is 5. The van der Waals surface area contributed by atoms with Crippen LogP contribution in [0.5, 0.6) is 5.75 Å². The molecule has 0 fully saturated rings. The van der Waals surface area contributed by atoms with Crippen LogP contribution in [-0.4, -0.2) is 8.92 Å². The van der Waals surface area contributed by atoms with Crippen LogP contribution in [0.4, 0.5) is 0 Å². The van der Waals surface area contributed by atoms with Crippen LogP contribution in [0.25, 0.3) is 22.3 Å². The van der Waals surface area contributed by atoms with Gasteiger partial charge in [-0.25, -0.2) is 12.1 Å². The second-order valence-electron chi connectivity index (χ2n) is 8.50. The van der Waals surface area contributed by atoms with Gasteiger partial charge in [-0.3, -0.25) is 0 Å². The molecule has 0 radical (unpaired) electrons. The van der Waals surface area contributed by atoms with Crippen LogP contribution in [0.15, 0.2) is 170 Å². The van der Waals surface area contributed by atoms with Crippen molar-refractivity contribution in [3.05, 3.63) is 181 Å². The summed E-state index contributed by atoms with van der Waals surface area (Å²) in [7, 11) is 0. The molecule has 0 spiro atoms. The SMILES string of the molecule is Oc1cccc(-c2ccccc2)c1-c1ccccc1.[Cl-].[Cl-].[Ti+2]=[C](c1ccccc1)c1ccccc1.c1cc[cH-]c1. The van der Waals surface area contributed by atoms with Crippen LogP contribution in [0.2, 0.25) is 0 Å². The number of rotatable bonds is 4. The summed E-state index contributed by atoms with van der Waals surface area (Å²) >= 11 is 2.16. The van der Waals surface area contributed by atoms with Gasteiger partial charge in [-0.15, -0.1) is 0 Å². The molecule has 198 valence electrons.